The Morgan fingerprint density at radius 2 is 1.91 bits per heavy atom. The van der Waals surface area contributed by atoms with Gasteiger partial charge >= 0.3 is 29.6 Å². The molecule has 1 aliphatic heterocycles. The summed E-state index contributed by atoms with van der Waals surface area (Å²) in [5.41, 5.74) is 3.68. The first-order valence-electron chi connectivity index (χ1n) is 10.2. The minimum Gasteiger partial charge on any atom is -0.417 e. The van der Waals surface area contributed by atoms with Crippen LogP contribution in [0, 0.1) is 12.7 Å². The second-order valence-electron chi connectivity index (χ2n) is 7.54. The maximum absolute atomic E-state index is 12.8. The van der Waals surface area contributed by atoms with Gasteiger partial charge in [-0.15, -0.1) is 11.8 Å². The largest absolute Gasteiger partial charge is 1.00 e. The van der Waals surface area contributed by atoms with Crippen LogP contribution >= 0.6 is 11.8 Å². The number of rotatable bonds is 4. The van der Waals surface area contributed by atoms with E-state index in [-0.39, 0.29) is 35.4 Å². The van der Waals surface area contributed by atoms with Gasteiger partial charge in [-0.25, -0.2) is 4.39 Å². The van der Waals surface area contributed by atoms with E-state index in [1.165, 1.54) is 18.9 Å². The van der Waals surface area contributed by atoms with Crippen molar-refractivity contribution in [1.82, 2.24) is 14.8 Å². The van der Waals surface area contributed by atoms with Gasteiger partial charge in [0.25, 0.3) is 0 Å². The minimum absolute atomic E-state index is 0. The maximum atomic E-state index is 12.8. The number of nitrogens with zero attached hydrogens (tertiary/aromatic N) is 3. The third-order valence-corrected chi connectivity index (χ3v) is 6.64. The van der Waals surface area contributed by atoms with Gasteiger partial charge in [0.15, 0.2) is 0 Å². The summed E-state index contributed by atoms with van der Waals surface area (Å²) in [7, 11) is 1.87. The van der Waals surface area contributed by atoms with Crippen LogP contribution in [-0.4, -0.2) is 34.1 Å². The van der Waals surface area contributed by atoms with Crippen molar-refractivity contribution in [3.8, 4) is 0 Å². The quantitative estimate of drug-likeness (QED) is 0.377. The molecule has 0 aliphatic carbocycles. The van der Waals surface area contributed by atoms with E-state index in [9.17, 15) is 9.18 Å². The van der Waals surface area contributed by atoms with Crippen LogP contribution in [0.1, 0.15) is 24.2 Å². The summed E-state index contributed by atoms with van der Waals surface area (Å²) in [6, 6.07) is 14.8. The Kier molecular flexibility index (Phi) is 8.59. The third-order valence-electron chi connectivity index (χ3n) is 5.51. The molecule has 4 aromatic rings. The van der Waals surface area contributed by atoms with E-state index in [1.807, 2.05) is 55.3 Å². The molecule has 3 heterocycles. The number of hydrogen-bond acceptors (Lipinski definition) is 4. The molecule has 32 heavy (non-hydrogen) atoms. The first-order chi connectivity index (χ1) is 15.0. The predicted molar refractivity (Wildman–Crippen MR) is 123 cm³/mol. The van der Waals surface area contributed by atoms with Crippen molar-refractivity contribution in [3.05, 3.63) is 71.9 Å². The van der Waals surface area contributed by atoms with Gasteiger partial charge in [-0.3, -0.25) is 5.10 Å². The average molecular weight is 459 g/mol. The van der Waals surface area contributed by atoms with Gasteiger partial charge in [0.05, 0.1) is 11.7 Å². The molecule has 0 amide bonds. The molecule has 1 fully saturated rings. The fourth-order valence-corrected chi connectivity index (χ4v) is 4.66. The topological polar surface area (TPSA) is 53.9 Å². The Labute approximate surface area is 213 Å². The number of aromatic nitrogens is 3. The molecule has 0 unspecified atom stereocenters. The van der Waals surface area contributed by atoms with Crippen molar-refractivity contribution in [1.29, 1.82) is 0 Å². The van der Waals surface area contributed by atoms with Gasteiger partial charge in [-0.1, -0.05) is 11.8 Å². The van der Waals surface area contributed by atoms with Gasteiger partial charge in [-0.05, 0) is 61.1 Å². The van der Waals surface area contributed by atoms with E-state index in [1.54, 1.807) is 23.9 Å². The second-order valence-corrected chi connectivity index (χ2v) is 8.65. The summed E-state index contributed by atoms with van der Waals surface area (Å²) in [6.45, 7) is 4.15. The molecule has 0 saturated carbocycles. The Bertz CT molecular complexity index is 1200. The van der Waals surface area contributed by atoms with Crippen molar-refractivity contribution in [2.75, 3.05) is 18.0 Å². The van der Waals surface area contributed by atoms with Crippen molar-refractivity contribution < 1.29 is 38.7 Å². The fraction of sp³-hybridized carbons (Fsp3) is 0.250. The smallest absolute Gasteiger partial charge is 0.417 e. The Hall–Kier alpha value is -2.06. The second kappa shape index (κ2) is 11.2. The van der Waals surface area contributed by atoms with Crippen LogP contribution in [0.5, 0.6) is 0 Å². The minimum atomic E-state index is -0.139. The predicted octanol–water partition coefficient (Wildman–Crippen LogP) is 2.25. The molecule has 2 aromatic carbocycles. The van der Waals surface area contributed by atoms with Crippen LogP contribution in [0.3, 0.4) is 0 Å². The Morgan fingerprint density at radius 3 is 2.59 bits per heavy atom. The number of halogens is 1. The van der Waals surface area contributed by atoms with E-state index in [2.05, 4.69) is 21.2 Å². The van der Waals surface area contributed by atoms with E-state index in [0.29, 0.717) is 5.69 Å². The van der Waals surface area contributed by atoms with Crippen molar-refractivity contribution in [3.63, 3.8) is 0 Å². The zero-order valence-electron chi connectivity index (χ0n) is 18.6. The summed E-state index contributed by atoms with van der Waals surface area (Å²) in [4.78, 5) is 15.2. The average Bonchev–Trinajstić information content (AvgIpc) is 3.52. The van der Waals surface area contributed by atoms with Crippen LogP contribution in [0.2, 0.25) is 0 Å². The van der Waals surface area contributed by atoms with Gasteiger partial charge < -0.3 is 14.3 Å². The molecule has 0 bridgehead atoms. The zero-order chi connectivity index (χ0) is 21.8. The third kappa shape index (κ3) is 5.64. The summed E-state index contributed by atoms with van der Waals surface area (Å²) in [6.07, 6.45) is 6.23. The van der Waals surface area contributed by atoms with E-state index < -0.39 is 0 Å². The number of carbonyl (C=O) groups excluding carboxylic acids is 1. The maximum Gasteiger partial charge on any atom is 1.00 e. The number of benzene rings is 2. The van der Waals surface area contributed by atoms with Crippen molar-refractivity contribution in [2.45, 2.75) is 29.6 Å². The van der Waals surface area contributed by atoms with Crippen LogP contribution < -0.4 is 34.5 Å². The molecule has 0 radical (unpaired) electrons. The summed E-state index contributed by atoms with van der Waals surface area (Å²) >= 11 is 1.64. The molecule has 1 N–H and O–H groups in total. The molecular formula is C24H24FN4NaOS. The Morgan fingerprint density at radius 1 is 1.12 bits per heavy atom. The van der Waals surface area contributed by atoms with Crippen LogP contribution in [0.4, 0.5) is 10.1 Å². The molecule has 0 spiro atoms. The van der Waals surface area contributed by atoms with Crippen LogP contribution in [-0.2, 0) is 11.8 Å². The first-order valence-corrected chi connectivity index (χ1v) is 11.0. The number of H-pyrrole nitrogens is 1. The number of hydrogen-bond donors (Lipinski definition) is 1. The zero-order valence-corrected chi connectivity index (χ0v) is 21.4. The molecule has 5 rings (SSSR count). The number of nitrogens with one attached hydrogen (secondary N) is 1. The van der Waals surface area contributed by atoms with Crippen molar-refractivity contribution in [2.24, 2.45) is 7.05 Å². The van der Waals surface area contributed by atoms with Gasteiger partial charge in [0.1, 0.15) is 5.82 Å². The number of fused-ring (bicyclic) bond motifs is 1. The van der Waals surface area contributed by atoms with Crippen molar-refractivity contribution >= 4 is 34.6 Å². The van der Waals surface area contributed by atoms with Crippen LogP contribution in [0.25, 0.3) is 10.9 Å². The van der Waals surface area contributed by atoms with E-state index in [4.69, 9.17) is 0 Å². The fourth-order valence-electron chi connectivity index (χ4n) is 3.63. The van der Waals surface area contributed by atoms with Gasteiger partial charge in [0, 0.05) is 48.1 Å². The summed E-state index contributed by atoms with van der Waals surface area (Å²) < 4.78 is 14.6. The number of aromatic amines is 1. The molecule has 1 aliphatic rings. The summed E-state index contributed by atoms with van der Waals surface area (Å²) in [5, 5.41) is 8.02. The molecule has 5 nitrogen and oxygen atoms in total. The van der Waals surface area contributed by atoms with Crippen LogP contribution in [0.15, 0.2) is 64.5 Å². The molecule has 8 heteroatoms. The normalized spacial score (nSPS) is 12.9. The molecular weight excluding hydrogens is 434 g/mol. The molecule has 2 aromatic heterocycles. The molecule has 160 valence electrons. The first kappa shape index (κ1) is 24.6. The van der Waals surface area contributed by atoms with E-state index >= 15 is 0 Å². The molecule has 1 saturated heterocycles. The standard InChI is InChI=1S/C14H12N3OS.C10H12FN.Na/c1-9-14(6-11(8-18)17(9)2)19-12-3-4-13-10(5-12)7-15-16-13;11-9-4-3-5-10(8-9)12-6-1-2-7-12;/h3-7H,1-2H3,(H,15,16);3-5,8H,1-2,6-7H2;/q-1;;+1. The molecule has 0 atom stereocenters. The Balaban J connectivity index is 0.000000193. The van der Waals surface area contributed by atoms with E-state index in [0.717, 1.165) is 45.2 Å². The number of anilines is 1. The van der Waals surface area contributed by atoms with Gasteiger partial charge in [-0.2, -0.15) is 11.2 Å². The summed E-state index contributed by atoms with van der Waals surface area (Å²) in [5.74, 6) is -0.139. The monoisotopic (exact) mass is 458 g/mol. The SMILES string of the molecule is Cc1c(Sc2ccc3[nH]ncc3c2)cc([C-]=O)n1C.Fc1cccc(N2CCCC2)c1.[Na+]. The van der Waals surface area contributed by atoms with Gasteiger partial charge in [0.2, 0.25) is 0 Å².